The van der Waals surface area contributed by atoms with E-state index in [2.05, 4.69) is 15.1 Å². The number of nitrogens with two attached hydrogens (primary N) is 1. The number of nitriles is 1. The number of rotatable bonds is 4. The van der Waals surface area contributed by atoms with Crippen LogP contribution in [0.5, 0.6) is 0 Å². The molecule has 102 valence electrons. The van der Waals surface area contributed by atoms with E-state index in [1.807, 2.05) is 6.07 Å². The van der Waals surface area contributed by atoms with E-state index in [9.17, 15) is 8.42 Å². The standard InChI is InChI=1S/C12H11N5O2S/c13-8-9-1-3-10(4-2-9)17-20(18,19)11-5-6-15-12(7-11)16-14/h1-7,17H,14H2,(H,15,16). The maximum absolute atomic E-state index is 12.2. The topological polar surface area (TPSA) is 121 Å². The molecular formula is C12H11N5O2S. The lowest BCUT2D eigenvalue weighted by molar-refractivity contribution is 0.601. The first kappa shape index (κ1) is 13.8. The van der Waals surface area contributed by atoms with Gasteiger partial charge in [0.1, 0.15) is 5.82 Å². The average molecular weight is 289 g/mol. The summed E-state index contributed by atoms with van der Waals surface area (Å²) in [7, 11) is -3.73. The molecule has 7 nitrogen and oxygen atoms in total. The Morgan fingerprint density at radius 1 is 1.20 bits per heavy atom. The van der Waals surface area contributed by atoms with Crippen LogP contribution in [-0.4, -0.2) is 13.4 Å². The highest BCUT2D eigenvalue weighted by atomic mass is 32.2. The van der Waals surface area contributed by atoms with Gasteiger partial charge in [-0.3, -0.25) is 4.72 Å². The van der Waals surface area contributed by atoms with Crippen LogP contribution in [0.1, 0.15) is 5.56 Å². The second kappa shape index (κ2) is 5.56. The van der Waals surface area contributed by atoms with Crippen LogP contribution < -0.4 is 16.0 Å². The van der Waals surface area contributed by atoms with Crippen LogP contribution in [0.3, 0.4) is 0 Å². The van der Waals surface area contributed by atoms with Gasteiger partial charge in [0.15, 0.2) is 0 Å². The Labute approximate surface area is 116 Å². The van der Waals surface area contributed by atoms with Crippen molar-refractivity contribution in [1.82, 2.24) is 4.98 Å². The van der Waals surface area contributed by atoms with Gasteiger partial charge in [0, 0.05) is 18.0 Å². The fourth-order valence-corrected chi connectivity index (χ4v) is 2.56. The molecule has 1 heterocycles. The van der Waals surface area contributed by atoms with Crippen LogP contribution in [0.15, 0.2) is 47.5 Å². The summed E-state index contributed by atoms with van der Waals surface area (Å²) in [6.45, 7) is 0. The number of nitrogens with one attached hydrogen (secondary N) is 2. The number of hydrogen-bond acceptors (Lipinski definition) is 6. The van der Waals surface area contributed by atoms with Gasteiger partial charge in [0.2, 0.25) is 0 Å². The summed E-state index contributed by atoms with van der Waals surface area (Å²) in [6.07, 6.45) is 1.34. The molecule has 2 rings (SSSR count). The Bertz CT molecular complexity index is 750. The zero-order chi connectivity index (χ0) is 14.6. The van der Waals surface area contributed by atoms with E-state index in [4.69, 9.17) is 11.1 Å². The molecule has 0 unspecified atom stereocenters. The number of sulfonamides is 1. The first-order valence-corrected chi connectivity index (χ1v) is 6.99. The minimum Gasteiger partial charge on any atom is -0.308 e. The minimum absolute atomic E-state index is 0.0322. The molecule has 0 spiro atoms. The van der Waals surface area contributed by atoms with E-state index >= 15 is 0 Å². The highest BCUT2D eigenvalue weighted by Crippen LogP contribution is 2.17. The van der Waals surface area contributed by atoms with E-state index in [1.165, 1.54) is 42.6 Å². The van der Waals surface area contributed by atoms with Crippen molar-refractivity contribution < 1.29 is 8.42 Å². The van der Waals surface area contributed by atoms with Crippen molar-refractivity contribution in [3.05, 3.63) is 48.2 Å². The Morgan fingerprint density at radius 3 is 2.50 bits per heavy atom. The molecule has 1 aromatic heterocycles. The van der Waals surface area contributed by atoms with Gasteiger partial charge in [-0.05, 0) is 30.3 Å². The van der Waals surface area contributed by atoms with Gasteiger partial charge < -0.3 is 5.43 Å². The number of pyridine rings is 1. The predicted molar refractivity (Wildman–Crippen MR) is 74.0 cm³/mol. The van der Waals surface area contributed by atoms with Crippen molar-refractivity contribution in [1.29, 1.82) is 5.26 Å². The number of aromatic nitrogens is 1. The first-order chi connectivity index (χ1) is 9.55. The molecule has 0 fully saturated rings. The van der Waals surface area contributed by atoms with Crippen molar-refractivity contribution >= 4 is 21.5 Å². The summed E-state index contributed by atoms with van der Waals surface area (Å²) >= 11 is 0. The van der Waals surface area contributed by atoms with E-state index in [1.54, 1.807) is 0 Å². The van der Waals surface area contributed by atoms with Crippen molar-refractivity contribution in [3.63, 3.8) is 0 Å². The van der Waals surface area contributed by atoms with Gasteiger partial charge in [-0.1, -0.05) is 0 Å². The lowest BCUT2D eigenvalue weighted by Gasteiger charge is -2.08. The summed E-state index contributed by atoms with van der Waals surface area (Å²) in [5.74, 6) is 5.43. The fourth-order valence-electron chi connectivity index (χ4n) is 1.48. The molecule has 4 N–H and O–H groups in total. The number of anilines is 2. The van der Waals surface area contributed by atoms with Gasteiger partial charge in [0.25, 0.3) is 10.0 Å². The summed E-state index contributed by atoms with van der Waals surface area (Å²) in [6, 6.07) is 10.7. The third kappa shape index (κ3) is 3.03. The van der Waals surface area contributed by atoms with Crippen LogP contribution in [0, 0.1) is 11.3 Å². The normalized spacial score (nSPS) is 10.6. The molecular weight excluding hydrogens is 278 g/mol. The fraction of sp³-hybridized carbons (Fsp3) is 0. The average Bonchev–Trinajstić information content (AvgIpc) is 2.48. The SMILES string of the molecule is N#Cc1ccc(NS(=O)(=O)c2ccnc(NN)c2)cc1. The van der Waals surface area contributed by atoms with Gasteiger partial charge in [-0.2, -0.15) is 5.26 Å². The zero-order valence-corrected chi connectivity index (χ0v) is 11.1. The van der Waals surface area contributed by atoms with Gasteiger partial charge >= 0.3 is 0 Å². The van der Waals surface area contributed by atoms with Gasteiger partial charge in [-0.15, -0.1) is 0 Å². The minimum atomic E-state index is -3.73. The summed E-state index contributed by atoms with van der Waals surface area (Å²) < 4.78 is 26.7. The molecule has 0 aliphatic rings. The van der Waals surface area contributed by atoms with E-state index in [-0.39, 0.29) is 10.7 Å². The molecule has 0 amide bonds. The second-order valence-corrected chi connectivity index (χ2v) is 5.50. The largest absolute Gasteiger partial charge is 0.308 e. The molecule has 1 aromatic carbocycles. The van der Waals surface area contributed by atoms with Crippen LogP contribution >= 0.6 is 0 Å². The molecule has 2 aromatic rings. The van der Waals surface area contributed by atoms with Crippen LogP contribution in [0.4, 0.5) is 11.5 Å². The van der Waals surface area contributed by atoms with Gasteiger partial charge in [-0.25, -0.2) is 19.2 Å². The quantitative estimate of drug-likeness (QED) is 0.571. The summed E-state index contributed by atoms with van der Waals surface area (Å²) in [5, 5.41) is 8.68. The monoisotopic (exact) mass is 289 g/mol. The Hall–Kier alpha value is -2.63. The molecule has 0 bridgehead atoms. The van der Waals surface area contributed by atoms with Crippen molar-refractivity contribution in [2.24, 2.45) is 5.84 Å². The molecule has 8 heteroatoms. The Morgan fingerprint density at radius 2 is 1.90 bits per heavy atom. The number of nitrogen functional groups attached to an aromatic ring is 1. The van der Waals surface area contributed by atoms with Crippen molar-refractivity contribution in [2.45, 2.75) is 4.90 Å². The number of nitrogens with zero attached hydrogens (tertiary/aromatic N) is 2. The molecule has 0 atom stereocenters. The number of hydrogen-bond donors (Lipinski definition) is 3. The summed E-state index contributed by atoms with van der Waals surface area (Å²) in [5.41, 5.74) is 3.09. The van der Waals surface area contributed by atoms with E-state index in [0.29, 0.717) is 11.3 Å². The van der Waals surface area contributed by atoms with Crippen molar-refractivity contribution in [2.75, 3.05) is 10.1 Å². The zero-order valence-electron chi connectivity index (χ0n) is 10.2. The predicted octanol–water partition coefficient (Wildman–Crippen LogP) is 1.04. The molecule has 0 saturated carbocycles. The smallest absolute Gasteiger partial charge is 0.262 e. The lowest BCUT2D eigenvalue weighted by Crippen LogP contribution is -2.14. The first-order valence-electron chi connectivity index (χ1n) is 5.51. The second-order valence-electron chi connectivity index (χ2n) is 3.82. The van der Waals surface area contributed by atoms with Gasteiger partial charge in [0.05, 0.1) is 16.5 Å². The highest BCUT2D eigenvalue weighted by molar-refractivity contribution is 7.92. The number of hydrazine groups is 1. The molecule has 20 heavy (non-hydrogen) atoms. The van der Waals surface area contributed by atoms with Crippen molar-refractivity contribution in [3.8, 4) is 6.07 Å². The van der Waals surface area contributed by atoms with Crippen LogP contribution in [0.2, 0.25) is 0 Å². The highest BCUT2D eigenvalue weighted by Gasteiger charge is 2.14. The van der Waals surface area contributed by atoms with Crippen LogP contribution in [-0.2, 0) is 10.0 Å². The maximum Gasteiger partial charge on any atom is 0.262 e. The Kier molecular flexibility index (Phi) is 3.84. The summed E-state index contributed by atoms with van der Waals surface area (Å²) in [4.78, 5) is 3.87. The molecule has 0 aliphatic carbocycles. The molecule has 0 aliphatic heterocycles. The maximum atomic E-state index is 12.2. The van der Waals surface area contributed by atoms with Crippen LogP contribution in [0.25, 0.3) is 0 Å². The molecule has 0 radical (unpaired) electrons. The number of benzene rings is 1. The lowest BCUT2D eigenvalue weighted by atomic mass is 10.2. The molecule has 0 saturated heterocycles. The third-order valence-electron chi connectivity index (χ3n) is 2.46. The Balaban J connectivity index is 2.28. The van der Waals surface area contributed by atoms with E-state index < -0.39 is 10.0 Å². The third-order valence-corrected chi connectivity index (χ3v) is 3.83. The van der Waals surface area contributed by atoms with E-state index in [0.717, 1.165) is 0 Å².